The second kappa shape index (κ2) is 5.82. The predicted molar refractivity (Wildman–Crippen MR) is 64.0 cm³/mol. The van der Waals surface area contributed by atoms with E-state index < -0.39 is 12.2 Å². The largest absolute Gasteiger partial charge is 0.389 e. The SMILES string of the molecule is CNCC(O)C(O)c1c(Cl)cccc1Br. The van der Waals surface area contributed by atoms with E-state index in [0.717, 1.165) is 0 Å². The lowest BCUT2D eigenvalue weighted by Crippen LogP contribution is -2.29. The molecule has 15 heavy (non-hydrogen) atoms. The minimum atomic E-state index is -1.000. The molecule has 0 aromatic heterocycles. The Kier molecular flexibility index (Phi) is 5.02. The van der Waals surface area contributed by atoms with Crippen molar-refractivity contribution in [1.82, 2.24) is 5.32 Å². The first kappa shape index (κ1) is 12.9. The molecule has 0 aliphatic heterocycles. The number of halogens is 2. The van der Waals surface area contributed by atoms with E-state index in [1.165, 1.54) is 0 Å². The molecule has 1 rings (SSSR count). The fourth-order valence-corrected chi connectivity index (χ4v) is 2.31. The molecule has 0 bridgehead atoms. The Balaban J connectivity index is 2.94. The maximum absolute atomic E-state index is 9.88. The maximum Gasteiger partial charge on any atom is 0.109 e. The van der Waals surface area contributed by atoms with Gasteiger partial charge in [-0.05, 0) is 19.2 Å². The highest BCUT2D eigenvalue weighted by molar-refractivity contribution is 9.10. The van der Waals surface area contributed by atoms with Crippen LogP contribution in [0.15, 0.2) is 22.7 Å². The third kappa shape index (κ3) is 3.16. The molecular weight excluding hydrogens is 281 g/mol. The summed E-state index contributed by atoms with van der Waals surface area (Å²) in [6, 6.07) is 5.22. The van der Waals surface area contributed by atoms with Crippen LogP contribution in [0.2, 0.25) is 5.02 Å². The lowest BCUT2D eigenvalue weighted by Gasteiger charge is -2.20. The third-order valence-electron chi connectivity index (χ3n) is 2.07. The molecule has 0 spiro atoms. The van der Waals surface area contributed by atoms with E-state index in [9.17, 15) is 10.2 Å². The van der Waals surface area contributed by atoms with Gasteiger partial charge in [0.15, 0.2) is 0 Å². The number of benzene rings is 1. The molecule has 0 fully saturated rings. The van der Waals surface area contributed by atoms with Gasteiger partial charge in [0.05, 0.1) is 6.10 Å². The summed E-state index contributed by atoms with van der Waals surface area (Å²) in [4.78, 5) is 0. The topological polar surface area (TPSA) is 52.5 Å². The molecular formula is C10H13BrClNO2. The van der Waals surface area contributed by atoms with Crippen LogP contribution in [0.1, 0.15) is 11.7 Å². The number of rotatable bonds is 4. The van der Waals surface area contributed by atoms with Crippen LogP contribution < -0.4 is 5.32 Å². The van der Waals surface area contributed by atoms with Crippen LogP contribution in [0.5, 0.6) is 0 Å². The average molecular weight is 295 g/mol. The van der Waals surface area contributed by atoms with E-state index in [2.05, 4.69) is 21.2 Å². The predicted octanol–water partition coefficient (Wildman–Crippen LogP) is 1.72. The molecule has 0 heterocycles. The highest BCUT2D eigenvalue weighted by atomic mass is 79.9. The molecule has 0 radical (unpaired) electrons. The summed E-state index contributed by atoms with van der Waals surface area (Å²) in [5, 5.41) is 22.7. The van der Waals surface area contributed by atoms with E-state index in [1.54, 1.807) is 25.2 Å². The van der Waals surface area contributed by atoms with Gasteiger partial charge in [0, 0.05) is 21.6 Å². The molecule has 3 nitrogen and oxygen atoms in total. The summed E-state index contributed by atoms with van der Waals surface area (Å²) < 4.78 is 0.692. The standard InChI is InChI=1S/C10H13BrClNO2/c1-13-5-8(14)10(15)9-6(11)3-2-4-7(9)12/h2-4,8,10,13-15H,5H2,1H3. The van der Waals surface area contributed by atoms with Gasteiger partial charge in [-0.25, -0.2) is 0 Å². The van der Waals surface area contributed by atoms with Crippen molar-refractivity contribution in [2.24, 2.45) is 0 Å². The summed E-state index contributed by atoms with van der Waals surface area (Å²) in [6.45, 7) is 0.304. The fraction of sp³-hybridized carbons (Fsp3) is 0.400. The van der Waals surface area contributed by atoms with Crippen molar-refractivity contribution in [2.75, 3.05) is 13.6 Å². The molecule has 0 saturated heterocycles. The van der Waals surface area contributed by atoms with Crippen LogP contribution in [0.25, 0.3) is 0 Å². The first-order valence-electron chi connectivity index (χ1n) is 4.52. The molecule has 0 aliphatic rings. The molecule has 1 aromatic carbocycles. The number of nitrogens with one attached hydrogen (secondary N) is 1. The minimum Gasteiger partial charge on any atom is -0.389 e. The minimum absolute atomic E-state index is 0.304. The Morgan fingerprint density at radius 2 is 2.13 bits per heavy atom. The summed E-state index contributed by atoms with van der Waals surface area (Å²) in [5.74, 6) is 0. The third-order valence-corrected chi connectivity index (χ3v) is 3.09. The average Bonchev–Trinajstić information content (AvgIpc) is 2.17. The summed E-state index contributed by atoms with van der Waals surface area (Å²) in [6.07, 6.45) is -1.88. The molecule has 0 saturated carbocycles. The van der Waals surface area contributed by atoms with Gasteiger partial charge in [0.25, 0.3) is 0 Å². The fourth-order valence-electron chi connectivity index (χ4n) is 1.31. The monoisotopic (exact) mass is 293 g/mol. The van der Waals surface area contributed by atoms with E-state index in [4.69, 9.17) is 11.6 Å². The van der Waals surface area contributed by atoms with Crippen molar-refractivity contribution in [3.05, 3.63) is 33.3 Å². The molecule has 3 N–H and O–H groups in total. The van der Waals surface area contributed by atoms with E-state index in [-0.39, 0.29) is 0 Å². The summed E-state index contributed by atoms with van der Waals surface area (Å²) in [5.41, 5.74) is 0.516. The van der Waals surface area contributed by atoms with Crippen LogP contribution >= 0.6 is 27.5 Å². The van der Waals surface area contributed by atoms with Gasteiger partial charge < -0.3 is 15.5 Å². The highest BCUT2D eigenvalue weighted by Crippen LogP contribution is 2.31. The number of hydrogen-bond donors (Lipinski definition) is 3. The first-order chi connectivity index (χ1) is 7.07. The smallest absolute Gasteiger partial charge is 0.109 e. The zero-order chi connectivity index (χ0) is 11.4. The Morgan fingerprint density at radius 1 is 1.47 bits per heavy atom. The van der Waals surface area contributed by atoms with Crippen molar-refractivity contribution in [2.45, 2.75) is 12.2 Å². The highest BCUT2D eigenvalue weighted by Gasteiger charge is 2.22. The Morgan fingerprint density at radius 3 is 2.67 bits per heavy atom. The molecule has 0 aliphatic carbocycles. The zero-order valence-electron chi connectivity index (χ0n) is 8.24. The van der Waals surface area contributed by atoms with Crippen molar-refractivity contribution in [3.63, 3.8) is 0 Å². The van der Waals surface area contributed by atoms with E-state index in [1.807, 2.05) is 0 Å². The number of hydrogen-bond acceptors (Lipinski definition) is 3. The van der Waals surface area contributed by atoms with E-state index >= 15 is 0 Å². The van der Waals surface area contributed by atoms with Crippen LogP contribution in [-0.4, -0.2) is 29.9 Å². The zero-order valence-corrected chi connectivity index (χ0v) is 10.6. The van der Waals surface area contributed by atoms with Crippen molar-refractivity contribution < 1.29 is 10.2 Å². The second-order valence-corrected chi connectivity index (χ2v) is 4.47. The van der Waals surface area contributed by atoms with Crippen LogP contribution in [0, 0.1) is 0 Å². The quantitative estimate of drug-likeness (QED) is 0.792. The Hall–Kier alpha value is -0.130. The van der Waals surface area contributed by atoms with Gasteiger partial charge in [-0.1, -0.05) is 33.6 Å². The van der Waals surface area contributed by atoms with Crippen LogP contribution in [-0.2, 0) is 0 Å². The van der Waals surface area contributed by atoms with Crippen LogP contribution in [0.4, 0.5) is 0 Å². The van der Waals surface area contributed by atoms with Crippen molar-refractivity contribution in [1.29, 1.82) is 0 Å². The van der Waals surface area contributed by atoms with Gasteiger partial charge >= 0.3 is 0 Å². The number of likely N-dealkylation sites (N-methyl/N-ethyl adjacent to an activating group) is 1. The first-order valence-corrected chi connectivity index (χ1v) is 5.69. The number of aliphatic hydroxyl groups excluding tert-OH is 2. The second-order valence-electron chi connectivity index (χ2n) is 3.21. The van der Waals surface area contributed by atoms with Crippen LogP contribution in [0.3, 0.4) is 0 Å². The lowest BCUT2D eigenvalue weighted by atomic mass is 10.0. The normalized spacial score (nSPS) is 15.0. The van der Waals surface area contributed by atoms with Gasteiger partial charge in [-0.15, -0.1) is 0 Å². The van der Waals surface area contributed by atoms with Gasteiger partial charge in [-0.3, -0.25) is 0 Å². The van der Waals surface area contributed by atoms with Gasteiger partial charge in [0.2, 0.25) is 0 Å². The summed E-state index contributed by atoms with van der Waals surface area (Å²) in [7, 11) is 1.71. The molecule has 2 atom stereocenters. The Bertz CT molecular complexity index is 315. The van der Waals surface area contributed by atoms with Crippen molar-refractivity contribution in [3.8, 4) is 0 Å². The molecule has 1 aromatic rings. The molecule has 84 valence electrons. The van der Waals surface area contributed by atoms with Gasteiger partial charge in [-0.2, -0.15) is 0 Å². The lowest BCUT2D eigenvalue weighted by molar-refractivity contribution is 0.0199. The van der Waals surface area contributed by atoms with Crippen molar-refractivity contribution >= 4 is 27.5 Å². The Labute approximate surface area is 102 Å². The maximum atomic E-state index is 9.88. The summed E-state index contributed by atoms with van der Waals surface area (Å²) >= 11 is 9.24. The van der Waals surface area contributed by atoms with Gasteiger partial charge in [0.1, 0.15) is 6.10 Å². The molecule has 2 unspecified atom stereocenters. The van der Waals surface area contributed by atoms with E-state index in [0.29, 0.717) is 21.6 Å². The molecule has 5 heteroatoms. The molecule has 0 amide bonds. The number of aliphatic hydroxyl groups is 2.